The number of nitrogens with zero attached hydrogens (tertiary/aromatic N) is 3. The third kappa shape index (κ3) is 5.56. The van der Waals surface area contributed by atoms with Crippen LogP contribution in [-0.4, -0.2) is 73.7 Å². The second-order valence-electron chi connectivity index (χ2n) is 7.08. The lowest BCUT2D eigenvalue weighted by atomic mass is 10.2. The Bertz CT molecular complexity index is 749. The standard InChI is InChI=1S/C20H27F3N4O3/c1-2-24-20(25-13-14-15(21)5-3-6-16(14)30-19(22)23)27-10-8-26(9-11-27)18(28)17-7-4-12-29-17/h3,5-6,17,19H,2,4,7-13H2,1H3,(H,24,25). The molecule has 0 saturated carbocycles. The Labute approximate surface area is 173 Å². The van der Waals surface area contributed by atoms with Crippen molar-refractivity contribution in [3.8, 4) is 5.75 Å². The van der Waals surface area contributed by atoms with E-state index < -0.39 is 12.4 Å². The zero-order chi connectivity index (χ0) is 21.5. The van der Waals surface area contributed by atoms with Gasteiger partial charge in [-0.2, -0.15) is 8.78 Å². The fourth-order valence-electron chi connectivity index (χ4n) is 3.59. The number of guanidine groups is 1. The minimum atomic E-state index is -3.04. The van der Waals surface area contributed by atoms with E-state index in [0.717, 1.165) is 12.8 Å². The summed E-state index contributed by atoms with van der Waals surface area (Å²) in [4.78, 5) is 20.7. The lowest BCUT2D eigenvalue weighted by molar-refractivity contribution is -0.142. The molecule has 2 aliphatic heterocycles. The van der Waals surface area contributed by atoms with Gasteiger partial charge in [-0.25, -0.2) is 9.38 Å². The van der Waals surface area contributed by atoms with Crippen LogP contribution >= 0.6 is 0 Å². The molecule has 10 heteroatoms. The van der Waals surface area contributed by atoms with Gasteiger partial charge in [-0.15, -0.1) is 0 Å². The maximum Gasteiger partial charge on any atom is 0.387 e. The average molecular weight is 428 g/mol. The fraction of sp³-hybridized carbons (Fsp3) is 0.600. The minimum Gasteiger partial charge on any atom is -0.434 e. The molecular weight excluding hydrogens is 401 g/mol. The first-order chi connectivity index (χ1) is 14.5. The molecule has 2 saturated heterocycles. The molecule has 7 nitrogen and oxygen atoms in total. The molecule has 1 aromatic carbocycles. The van der Waals surface area contributed by atoms with Gasteiger partial charge in [0.25, 0.3) is 5.91 Å². The van der Waals surface area contributed by atoms with Gasteiger partial charge in [-0.3, -0.25) is 4.79 Å². The van der Waals surface area contributed by atoms with E-state index in [1.165, 1.54) is 18.2 Å². The monoisotopic (exact) mass is 428 g/mol. The summed E-state index contributed by atoms with van der Waals surface area (Å²) in [5.41, 5.74) is -0.0274. The summed E-state index contributed by atoms with van der Waals surface area (Å²) in [5.74, 6) is -0.321. The summed E-state index contributed by atoms with van der Waals surface area (Å²) in [5, 5.41) is 3.14. The van der Waals surface area contributed by atoms with Gasteiger partial charge >= 0.3 is 6.61 Å². The Balaban J connectivity index is 1.65. The first-order valence-electron chi connectivity index (χ1n) is 10.2. The van der Waals surface area contributed by atoms with Gasteiger partial charge < -0.3 is 24.6 Å². The molecule has 0 aromatic heterocycles. The van der Waals surface area contributed by atoms with Gasteiger partial charge in [0.05, 0.1) is 12.1 Å². The normalized spacial score (nSPS) is 20.0. The number of hydrogen-bond donors (Lipinski definition) is 1. The van der Waals surface area contributed by atoms with Gasteiger partial charge in [0.2, 0.25) is 0 Å². The number of carbonyl (C=O) groups is 1. The van der Waals surface area contributed by atoms with Crippen LogP contribution in [-0.2, 0) is 16.1 Å². The second kappa shape index (κ2) is 10.5. The third-order valence-electron chi connectivity index (χ3n) is 5.11. The molecule has 1 amide bonds. The number of halogens is 3. The topological polar surface area (TPSA) is 66.4 Å². The summed E-state index contributed by atoms with van der Waals surface area (Å²) in [6.45, 7) is 2.10. The van der Waals surface area contributed by atoms with Crippen LogP contribution < -0.4 is 10.1 Å². The zero-order valence-corrected chi connectivity index (χ0v) is 17.0. The van der Waals surface area contributed by atoms with Crippen molar-refractivity contribution in [3.63, 3.8) is 0 Å². The van der Waals surface area contributed by atoms with E-state index in [2.05, 4.69) is 15.0 Å². The van der Waals surface area contributed by atoms with E-state index >= 15 is 0 Å². The Morgan fingerprint density at radius 2 is 2.03 bits per heavy atom. The van der Waals surface area contributed by atoms with E-state index in [-0.39, 0.29) is 29.9 Å². The van der Waals surface area contributed by atoms with Crippen LogP contribution in [0.15, 0.2) is 23.2 Å². The van der Waals surface area contributed by atoms with Gasteiger partial charge in [0.1, 0.15) is 17.7 Å². The van der Waals surface area contributed by atoms with Crippen LogP contribution in [0.5, 0.6) is 5.75 Å². The number of amides is 1. The summed E-state index contributed by atoms with van der Waals surface area (Å²) < 4.78 is 49.3. The number of nitrogens with one attached hydrogen (secondary N) is 1. The molecule has 2 heterocycles. The van der Waals surface area contributed by atoms with Gasteiger partial charge in [-0.1, -0.05) is 6.07 Å². The molecular formula is C20H27F3N4O3. The van der Waals surface area contributed by atoms with Gasteiger partial charge in [-0.05, 0) is 31.9 Å². The summed E-state index contributed by atoms with van der Waals surface area (Å²) in [6, 6.07) is 3.80. The molecule has 1 aromatic rings. The van der Waals surface area contributed by atoms with Crippen molar-refractivity contribution < 1.29 is 27.4 Å². The average Bonchev–Trinajstić information content (AvgIpc) is 3.26. The molecule has 1 unspecified atom stereocenters. The van der Waals surface area contributed by atoms with Crippen LogP contribution in [0.1, 0.15) is 25.3 Å². The van der Waals surface area contributed by atoms with Crippen molar-refractivity contribution in [2.75, 3.05) is 39.3 Å². The molecule has 2 aliphatic rings. The number of alkyl halides is 2. The van der Waals surface area contributed by atoms with Crippen molar-refractivity contribution in [2.24, 2.45) is 4.99 Å². The summed E-state index contributed by atoms with van der Waals surface area (Å²) >= 11 is 0. The molecule has 3 rings (SSSR count). The molecule has 2 fully saturated rings. The number of rotatable bonds is 6. The quantitative estimate of drug-likeness (QED) is 0.556. The Kier molecular flexibility index (Phi) is 7.78. The number of benzene rings is 1. The molecule has 0 aliphatic carbocycles. The Morgan fingerprint density at radius 1 is 1.30 bits per heavy atom. The van der Waals surface area contributed by atoms with Crippen molar-refractivity contribution in [3.05, 3.63) is 29.6 Å². The largest absolute Gasteiger partial charge is 0.434 e. The molecule has 1 N–H and O–H groups in total. The van der Waals surface area contributed by atoms with Crippen LogP contribution in [0.4, 0.5) is 13.2 Å². The fourth-order valence-corrected chi connectivity index (χ4v) is 3.59. The predicted molar refractivity (Wildman–Crippen MR) is 105 cm³/mol. The van der Waals surface area contributed by atoms with Crippen LogP contribution in [0.3, 0.4) is 0 Å². The highest BCUT2D eigenvalue weighted by molar-refractivity contribution is 5.83. The summed E-state index contributed by atoms with van der Waals surface area (Å²) in [7, 11) is 0. The zero-order valence-electron chi connectivity index (χ0n) is 17.0. The second-order valence-corrected chi connectivity index (χ2v) is 7.08. The van der Waals surface area contributed by atoms with E-state index in [9.17, 15) is 18.0 Å². The molecule has 166 valence electrons. The van der Waals surface area contributed by atoms with E-state index in [4.69, 9.17) is 4.74 Å². The number of piperazine rings is 1. The summed E-state index contributed by atoms with van der Waals surface area (Å²) in [6.07, 6.45) is 1.32. The maximum absolute atomic E-state index is 14.2. The molecule has 1 atom stereocenters. The highest BCUT2D eigenvalue weighted by atomic mass is 19.3. The number of ether oxygens (including phenoxy) is 2. The van der Waals surface area contributed by atoms with Crippen LogP contribution in [0, 0.1) is 5.82 Å². The predicted octanol–water partition coefficient (Wildman–Crippen LogP) is 2.22. The molecule has 0 radical (unpaired) electrons. The minimum absolute atomic E-state index is 0.0224. The third-order valence-corrected chi connectivity index (χ3v) is 5.11. The smallest absolute Gasteiger partial charge is 0.387 e. The van der Waals surface area contributed by atoms with Crippen LogP contribution in [0.25, 0.3) is 0 Å². The van der Waals surface area contributed by atoms with E-state index in [1.807, 2.05) is 11.8 Å². The molecule has 0 bridgehead atoms. The Morgan fingerprint density at radius 3 is 2.67 bits per heavy atom. The maximum atomic E-state index is 14.2. The van der Waals surface area contributed by atoms with Crippen molar-refractivity contribution in [1.29, 1.82) is 0 Å². The lowest BCUT2D eigenvalue weighted by Gasteiger charge is -2.37. The number of carbonyl (C=O) groups excluding carboxylic acids is 1. The van der Waals surface area contributed by atoms with E-state index in [0.29, 0.717) is 45.3 Å². The van der Waals surface area contributed by atoms with Crippen molar-refractivity contribution in [1.82, 2.24) is 15.1 Å². The SMILES string of the molecule is CCNC(=NCc1c(F)cccc1OC(F)F)N1CCN(C(=O)C2CCCO2)CC1. The van der Waals surface area contributed by atoms with E-state index in [1.54, 1.807) is 4.90 Å². The lowest BCUT2D eigenvalue weighted by Crippen LogP contribution is -2.55. The van der Waals surface area contributed by atoms with Gasteiger partial charge in [0.15, 0.2) is 5.96 Å². The molecule has 0 spiro atoms. The first-order valence-corrected chi connectivity index (χ1v) is 10.2. The highest BCUT2D eigenvalue weighted by Crippen LogP contribution is 2.24. The first kappa shape index (κ1) is 22.2. The van der Waals surface area contributed by atoms with Gasteiger partial charge in [0, 0.05) is 39.3 Å². The van der Waals surface area contributed by atoms with Crippen molar-refractivity contribution in [2.45, 2.75) is 39.0 Å². The highest BCUT2D eigenvalue weighted by Gasteiger charge is 2.31. The number of hydrogen-bond acceptors (Lipinski definition) is 4. The van der Waals surface area contributed by atoms with Crippen LogP contribution in [0.2, 0.25) is 0 Å². The molecule has 30 heavy (non-hydrogen) atoms. The Hall–Kier alpha value is -2.49. The van der Waals surface area contributed by atoms with Crippen molar-refractivity contribution >= 4 is 11.9 Å². The number of aliphatic imine (C=N–C) groups is 1.